The molecule has 6 heteroatoms. The van der Waals surface area contributed by atoms with Gasteiger partial charge in [-0.1, -0.05) is 41.9 Å². The van der Waals surface area contributed by atoms with Crippen molar-refractivity contribution in [2.75, 3.05) is 21.1 Å². The maximum atomic E-state index is 6.18. The van der Waals surface area contributed by atoms with Crippen LogP contribution in [0, 0.1) is 0 Å². The van der Waals surface area contributed by atoms with Crippen LogP contribution < -0.4 is 4.74 Å². The van der Waals surface area contributed by atoms with Crippen molar-refractivity contribution >= 4 is 36.4 Å². The fourth-order valence-corrected chi connectivity index (χ4v) is 2.60. The molecule has 0 radical (unpaired) electrons. The first-order chi connectivity index (χ1) is 11.0. The second-order valence-corrected chi connectivity index (χ2v) is 6.54. The Morgan fingerprint density at radius 3 is 2.20 bits per heavy atom. The summed E-state index contributed by atoms with van der Waals surface area (Å²) in [7, 11) is 6.14. The molecule has 0 aliphatic heterocycles. The average molecular weight is 406 g/mol. The van der Waals surface area contributed by atoms with E-state index in [2.05, 4.69) is 48.0 Å². The van der Waals surface area contributed by atoms with Gasteiger partial charge in [0.2, 0.25) is 0 Å². The van der Waals surface area contributed by atoms with Crippen molar-refractivity contribution in [2.45, 2.75) is 26.2 Å². The molecular weight excluding hydrogens is 379 g/mol. The maximum absolute atomic E-state index is 6.18. The lowest BCUT2D eigenvalue weighted by atomic mass is 10.2. The van der Waals surface area contributed by atoms with E-state index in [1.165, 1.54) is 5.56 Å². The standard InChI is InChI=1S/C19H25ClN2O.2ClH/c1-15(22(4)13-16-8-6-5-7-9-16)23-19-11-10-18(20)12-17(19)14-21(2)3;;/h5-12,15H,13-14H2,1-4H3;2*1H. The number of halogens is 3. The minimum Gasteiger partial charge on any atom is -0.475 e. The van der Waals surface area contributed by atoms with Crippen LogP contribution in [0.3, 0.4) is 0 Å². The summed E-state index contributed by atoms with van der Waals surface area (Å²) in [6.07, 6.45) is -0.0303. The highest BCUT2D eigenvalue weighted by atomic mass is 35.5. The van der Waals surface area contributed by atoms with Crippen molar-refractivity contribution in [1.29, 1.82) is 0 Å². The Balaban J connectivity index is 0.00000288. The second kappa shape index (κ2) is 11.6. The molecule has 0 saturated carbocycles. The van der Waals surface area contributed by atoms with Gasteiger partial charge in [-0.15, -0.1) is 24.8 Å². The van der Waals surface area contributed by atoms with E-state index in [1.54, 1.807) is 0 Å². The number of hydrogen-bond donors (Lipinski definition) is 0. The molecular formula is C19H27Cl3N2O. The minimum atomic E-state index is -0.0303. The lowest BCUT2D eigenvalue weighted by Crippen LogP contribution is -2.33. The molecule has 3 nitrogen and oxygen atoms in total. The van der Waals surface area contributed by atoms with Crippen molar-refractivity contribution in [2.24, 2.45) is 0 Å². The van der Waals surface area contributed by atoms with Gasteiger partial charge in [-0.25, -0.2) is 0 Å². The predicted octanol–water partition coefficient (Wildman–Crippen LogP) is 5.10. The first kappa shape index (κ1) is 24.0. The third-order valence-corrected chi connectivity index (χ3v) is 3.94. The van der Waals surface area contributed by atoms with Crippen molar-refractivity contribution in [3.05, 3.63) is 64.7 Å². The summed E-state index contributed by atoms with van der Waals surface area (Å²) in [5.41, 5.74) is 2.37. The van der Waals surface area contributed by atoms with Crippen LogP contribution in [-0.4, -0.2) is 37.2 Å². The molecule has 0 N–H and O–H groups in total. The number of hydrogen-bond acceptors (Lipinski definition) is 3. The Labute approximate surface area is 168 Å². The number of ether oxygens (including phenoxy) is 1. The summed E-state index contributed by atoms with van der Waals surface area (Å²) in [5.74, 6) is 0.885. The van der Waals surface area contributed by atoms with Crippen molar-refractivity contribution in [3.8, 4) is 5.75 Å². The SMILES string of the molecule is CC(Oc1ccc(Cl)cc1CN(C)C)N(C)Cc1ccccc1.Cl.Cl. The summed E-state index contributed by atoms with van der Waals surface area (Å²) >= 11 is 6.12. The van der Waals surface area contributed by atoms with E-state index in [4.69, 9.17) is 16.3 Å². The first-order valence-corrected chi connectivity index (χ1v) is 8.17. The van der Waals surface area contributed by atoms with Crippen molar-refractivity contribution < 1.29 is 4.74 Å². The van der Waals surface area contributed by atoms with Gasteiger partial charge in [0.15, 0.2) is 0 Å². The Bertz CT molecular complexity index is 623. The third-order valence-electron chi connectivity index (χ3n) is 3.70. The van der Waals surface area contributed by atoms with Gasteiger partial charge in [-0.2, -0.15) is 0 Å². The van der Waals surface area contributed by atoms with Gasteiger partial charge in [0.25, 0.3) is 0 Å². The molecule has 1 atom stereocenters. The van der Waals surface area contributed by atoms with Gasteiger partial charge in [0, 0.05) is 23.7 Å². The van der Waals surface area contributed by atoms with E-state index in [0.717, 1.165) is 29.4 Å². The summed E-state index contributed by atoms with van der Waals surface area (Å²) in [5, 5.41) is 0.736. The van der Waals surface area contributed by atoms with Gasteiger partial charge >= 0.3 is 0 Å². The van der Waals surface area contributed by atoms with Gasteiger partial charge in [-0.3, -0.25) is 4.90 Å². The smallest absolute Gasteiger partial charge is 0.149 e. The van der Waals surface area contributed by atoms with Crippen LogP contribution in [0.15, 0.2) is 48.5 Å². The largest absolute Gasteiger partial charge is 0.475 e. The molecule has 0 bridgehead atoms. The molecule has 25 heavy (non-hydrogen) atoms. The Morgan fingerprint density at radius 2 is 1.60 bits per heavy atom. The van der Waals surface area contributed by atoms with Gasteiger partial charge in [-0.05, 0) is 51.8 Å². The fraction of sp³-hybridized carbons (Fsp3) is 0.368. The zero-order valence-electron chi connectivity index (χ0n) is 15.1. The van der Waals surface area contributed by atoms with Crippen molar-refractivity contribution in [3.63, 3.8) is 0 Å². The van der Waals surface area contributed by atoms with Crippen LogP contribution in [-0.2, 0) is 13.1 Å². The van der Waals surface area contributed by atoms with E-state index in [1.807, 2.05) is 38.4 Å². The molecule has 2 rings (SSSR count). The predicted molar refractivity (Wildman–Crippen MR) is 111 cm³/mol. The second-order valence-electron chi connectivity index (χ2n) is 6.11. The lowest BCUT2D eigenvalue weighted by Gasteiger charge is -2.27. The van der Waals surface area contributed by atoms with Crippen LogP contribution in [0.5, 0.6) is 5.75 Å². The molecule has 0 spiro atoms. The third kappa shape index (κ3) is 7.85. The van der Waals surface area contributed by atoms with E-state index < -0.39 is 0 Å². The van der Waals surface area contributed by atoms with Gasteiger partial charge in [0.1, 0.15) is 12.0 Å². The Hall–Kier alpha value is -0.970. The molecule has 0 aliphatic carbocycles. The summed E-state index contributed by atoms with van der Waals surface area (Å²) in [4.78, 5) is 4.29. The Kier molecular flexibility index (Phi) is 11.2. The number of nitrogens with zero attached hydrogens (tertiary/aromatic N) is 2. The molecule has 2 aromatic carbocycles. The van der Waals surface area contributed by atoms with Crippen LogP contribution in [0.25, 0.3) is 0 Å². The maximum Gasteiger partial charge on any atom is 0.149 e. The lowest BCUT2D eigenvalue weighted by molar-refractivity contribution is 0.0537. The van der Waals surface area contributed by atoms with Crippen LogP contribution in [0.1, 0.15) is 18.1 Å². The highest BCUT2D eigenvalue weighted by molar-refractivity contribution is 6.30. The monoisotopic (exact) mass is 404 g/mol. The molecule has 0 aromatic heterocycles. The zero-order chi connectivity index (χ0) is 16.8. The molecule has 140 valence electrons. The van der Waals surface area contributed by atoms with Crippen molar-refractivity contribution in [1.82, 2.24) is 9.80 Å². The van der Waals surface area contributed by atoms with Crippen LogP contribution in [0.2, 0.25) is 5.02 Å². The van der Waals surface area contributed by atoms with Crippen LogP contribution >= 0.6 is 36.4 Å². The quantitative estimate of drug-likeness (QED) is 0.596. The number of rotatable bonds is 7. The minimum absolute atomic E-state index is 0. The molecule has 0 amide bonds. The fourth-order valence-electron chi connectivity index (χ4n) is 2.40. The number of benzene rings is 2. The summed E-state index contributed by atoms with van der Waals surface area (Å²) < 4.78 is 6.18. The molecule has 0 aliphatic rings. The first-order valence-electron chi connectivity index (χ1n) is 7.79. The van der Waals surface area contributed by atoms with Gasteiger partial charge in [0.05, 0.1) is 0 Å². The highest BCUT2D eigenvalue weighted by Crippen LogP contribution is 2.25. The van der Waals surface area contributed by atoms with E-state index in [-0.39, 0.29) is 31.0 Å². The topological polar surface area (TPSA) is 15.7 Å². The van der Waals surface area contributed by atoms with Crippen LogP contribution in [0.4, 0.5) is 0 Å². The summed E-state index contributed by atoms with van der Waals surface area (Å²) in [6, 6.07) is 16.2. The molecule has 0 heterocycles. The molecule has 2 aromatic rings. The molecule has 0 saturated heterocycles. The highest BCUT2D eigenvalue weighted by Gasteiger charge is 2.14. The Morgan fingerprint density at radius 1 is 0.960 bits per heavy atom. The molecule has 0 fully saturated rings. The van der Waals surface area contributed by atoms with E-state index in [9.17, 15) is 0 Å². The zero-order valence-corrected chi connectivity index (χ0v) is 17.5. The van der Waals surface area contributed by atoms with E-state index >= 15 is 0 Å². The summed E-state index contributed by atoms with van der Waals surface area (Å²) in [6.45, 7) is 3.71. The van der Waals surface area contributed by atoms with Gasteiger partial charge < -0.3 is 9.64 Å². The average Bonchev–Trinajstić information content (AvgIpc) is 2.50. The molecule has 1 unspecified atom stereocenters. The van der Waals surface area contributed by atoms with E-state index in [0.29, 0.717) is 0 Å². The normalized spacial score (nSPS) is 11.6.